The van der Waals surface area contributed by atoms with Gasteiger partial charge in [0.15, 0.2) is 11.4 Å². The maximum Gasteiger partial charge on any atom is 0.370 e. The standard InChI is InChI=1S/C15H15NO2.ClHO4/c1-11-8-14(13-6-4-3-5-7-13)9-12(2)16(11)10-15(17)18;2-1(3,4)5/h3-9H,10H2,1-2H3;(H,2,3,4,5). The van der Waals surface area contributed by atoms with Gasteiger partial charge in [-0.1, -0.05) is 30.3 Å². The van der Waals surface area contributed by atoms with Gasteiger partial charge in [-0.25, -0.2) is 23.4 Å². The highest BCUT2D eigenvalue weighted by Gasteiger charge is 2.16. The number of benzene rings is 1. The highest BCUT2D eigenvalue weighted by atomic mass is 35.7. The van der Waals surface area contributed by atoms with Gasteiger partial charge >= 0.3 is 5.97 Å². The van der Waals surface area contributed by atoms with Crippen molar-refractivity contribution in [2.24, 2.45) is 0 Å². The molecule has 0 aliphatic carbocycles. The van der Waals surface area contributed by atoms with Crippen LogP contribution in [0.1, 0.15) is 11.4 Å². The van der Waals surface area contributed by atoms with Crippen LogP contribution in [0.25, 0.3) is 11.1 Å². The molecular formula is C15H16ClNO6. The molecule has 0 saturated heterocycles. The lowest BCUT2D eigenvalue weighted by Gasteiger charge is -2.17. The van der Waals surface area contributed by atoms with Gasteiger partial charge in [-0.15, -0.1) is 10.2 Å². The Morgan fingerprint density at radius 3 is 1.83 bits per heavy atom. The largest absolute Gasteiger partial charge is 0.477 e. The summed E-state index contributed by atoms with van der Waals surface area (Å²) in [5, 5.41) is 8.88. The fraction of sp³-hybridized carbons (Fsp3) is 0.200. The summed E-state index contributed by atoms with van der Waals surface area (Å²) in [7, 11) is -4.94. The second-order valence-electron chi connectivity index (χ2n) is 4.75. The van der Waals surface area contributed by atoms with E-state index in [1.807, 2.05) is 44.2 Å². The summed E-state index contributed by atoms with van der Waals surface area (Å²) in [4.78, 5) is 10.8. The number of rotatable bonds is 3. The Morgan fingerprint density at radius 2 is 1.43 bits per heavy atom. The minimum Gasteiger partial charge on any atom is -0.477 e. The number of nitrogens with zero attached hydrogens (tertiary/aromatic N) is 1. The van der Waals surface area contributed by atoms with Gasteiger partial charge < -0.3 is 5.11 Å². The van der Waals surface area contributed by atoms with Gasteiger partial charge in [-0.3, -0.25) is 0 Å². The van der Waals surface area contributed by atoms with E-state index in [4.69, 9.17) is 23.7 Å². The van der Waals surface area contributed by atoms with E-state index >= 15 is 0 Å². The number of pyridine rings is 1. The molecule has 0 atom stereocenters. The second kappa shape index (κ2) is 8.00. The van der Waals surface area contributed by atoms with Crippen LogP contribution < -0.4 is 23.2 Å². The van der Waals surface area contributed by atoms with E-state index in [-0.39, 0.29) is 6.54 Å². The molecule has 7 nitrogen and oxygen atoms in total. The minimum absolute atomic E-state index is 0.00668. The van der Waals surface area contributed by atoms with Crippen molar-refractivity contribution < 1.29 is 43.3 Å². The number of hydrogen-bond donors (Lipinski definition) is 1. The number of hydrogen-bond acceptors (Lipinski definition) is 5. The van der Waals surface area contributed by atoms with Gasteiger partial charge in [0.1, 0.15) is 0 Å². The van der Waals surface area contributed by atoms with Gasteiger partial charge in [0.2, 0.25) is 6.54 Å². The molecule has 0 spiro atoms. The van der Waals surface area contributed by atoms with E-state index in [9.17, 15) is 4.79 Å². The minimum atomic E-state index is -4.94. The van der Waals surface area contributed by atoms with Gasteiger partial charge in [0.05, 0.1) is 0 Å². The van der Waals surface area contributed by atoms with Crippen molar-refractivity contribution >= 4 is 5.97 Å². The third-order valence-corrected chi connectivity index (χ3v) is 2.98. The highest BCUT2D eigenvalue weighted by molar-refractivity contribution is 5.65. The Bertz CT molecular complexity index is 640. The summed E-state index contributed by atoms with van der Waals surface area (Å²) in [5.41, 5.74) is 4.17. The molecule has 0 aliphatic rings. The van der Waals surface area contributed by atoms with E-state index in [0.717, 1.165) is 22.5 Å². The smallest absolute Gasteiger partial charge is 0.370 e. The van der Waals surface area contributed by atoms with Crippen LogP contribution in [0.2, 0.25) is 0 Å². The zero-order valence-corrected chi connectivity index (χ0v) is 13.3. The van der Waals surface area contributed by atoms with Crippen molar-refractivity contribution in [1.29, 1.82) is 0 Å². The molecule has 1 N–H and O–H groups in total. The van der Waals surface area contributed by atoms with E-state index in [2.05, 4.69) is 12.1 Å². The number of carboxylic acids is 1. The lowest BCUT2D eigenvalue weighted by atomic mass is 10.0. The number of carboxylic acid groups (broad SMARTS) is 1. The Hall–Kier alpha value is -2.03. The summed E-state index contributed by atoms with van der Waals surface area (Å²) in [6.45, 7) is 3.87. The van der Waals surface area contributed by atoms with Gasteiger partial charge in [-0.05, 0) is 11.1 Å². The average Bonchev–Trinajstić information content (AvgIpc) is 2.41. The Kier molecular flexibility index (Phi) is 6.62. The monoisotopic (exact) mass is 341 g/mol. The SMILES string of the molecule is Cc1cc(-c2ccccc2)cc(C)[n+]1CC(=O)O.[O-][Cl+3]([O-])([O-])[O-]. The van der Waals surface area contributed by atoms with Crippen molar-refractivity contribution in [2.75, 3.05) is 0 Å². The predicted molar refractivity (Wildman–Crippen MR) is 69.2 cm³/mol. The van der Waals surface area contributed by atoms with E-state index < -0.39 is 16.2 Å². The summed E-state index contributed by atoms with van der Waals surface area (Å²) in [5.74, 6) is -0.821. The molecule has 0 saturated carbocycles. The fourth-order valence-electron chi connectivity index (χ4n) is 2.11. The molecule has 0 bridgehead atoms. The van der Waals surface area contributed by atoms with Crippen molar-refractivity contribution in [3.05, 3.63) is 53.9 Å². The Labute approximate surface area is 135 Å². The summed E-state index contributed by atoms with van der Waals surface area (Å²) < 4.78 is 35.8. The number of aryl methyl sites for hydroxylation is 2. The first-order valence-corrected chi connectivity index (χ1v) is 7.71. The topological polar surface area (TPSA) is 133 Å². The molecule has 0 unspecified atom stereocenters. The third-order valence-electron chi connectivity index (χ3n) is 2.98. The second-order valence-corrected chi connectivity index (χ2v) is 5.51. The molecule has 1 aromatic carbocycles. The lowest BCUT2D eigenvalue weighted by molar-refractivity contribution is -2.00. The zero-order valence-electron chi connectivity index (χ0n) is 12.6. The van der Waals surface area contributed by atoms with Gasteiger partial charge in [0, 0.05) is 26.0 Å². The van der Waals surface area contributed by atoms with Crippen molar-refractivity contribution in [3.8, 4) is 11.1 Å². The van der Waals surface area contributed by atoms with Crippen molar-refractivity contribution in [2.45, 2.75) is 20.4 Å². The van der Waals surface area contributed by atoms with E-state index in [0.29, 0.717) is 0 Å². The molecule has 2 rings (SSSR count). The highest BCUT2D eigenvalue weighted by Crippen LogP contribution is 2.19. The summed E-state index contributed by atoms with van der Waals surface area (Å²) in [6, 6.07) is 14.1. The van der Waals surface area contributed by atoms with Crippen LogP contribution in [0.4, 0.5) is 0 Å². The zero-order chi connectivity index (χ0) is 17.6. The molecule has 1 aromatic heterocycles. The van der Waals surface area contributed by atoms with Crippen LogP contribution in [0, 0.1) is 24.1 Å². The lowest BCUT2D eigenvalue weighted by Crippen LogP contribution is -2.68. The molecule has 8 heteroatoms. The molecular weight excluding hydrogens is 326 g/mol. The maximum absolute atomic E-state index is 10.8. The number of halogens is 1. The summed E-state index contributed by atoms with van der Waals surface area (Å²) >= 11 is 0. The van der Waals surface area contributed by atoms with Crippen LogP contribution >= 0.6 is 0 Å². The van der Waals surface area contributed by atoms with E-state index in [1.54, 1.807) is 4.57 Å². The normalized spacial score (nSPS) is 10.7. The van der Waals surface area contributed by atoms with Crippen LogP contribution in [0.15, 0.2) is 42.5 Å². The van der Waals surface area contributed by atoms with Crippen molar-refractivity contribution in [3.63, 3.8) is 0 Å². The van der Waals surface area contributed by atoms with Crippen molar-refractivity contribution in [1.82, 2.24) is 0 Å². The van der Waals surface area contributed by atoms with E-state index in [1.165, 1.54) is 0 Å². The molecule has 0 fully saturated rings. The van der Waals surface area contributed by atoms with Crippen LogP contribution in [-0.2, 0) is 11.3 Å². The van der Waals surface area contributed by atoms with Gasteiger partial charge in [0.25, 0.3) is 0 Å². The first-order valence-electron chi connectivity index (χ1n) is 6.48. The predicted octanol–water partition coefficient (Wildman–Crippen LogP) is -2.41. The molecule has 2 aromatic rings. The molecule has 0 radical (unpaired) electrons. The fourth-order valence-corrected chi connectivity index (χ4v) is 2.11. The van der Waals surface area contributed by atoms with Gasteiger partial charge in [-0.2, -0.15) is 4.57 Å². The molecule has 23 heavy (non-hydrogen) atoms. The number of aliphatic carboxylic acids is 1. The molecule has 124 valence electrons. The number of carbonyl (C=O) groups is 1. The molecule has 1 heterocycles. The summed E-state index contributed by atoms with van der Waals surface area (Å²) in [6.07, 6.45) is 0. The van der Waals surface area contributed by atoms with Crippen LogP contribution in [0.5, 0.6) is 0 Å². The molecule has 0 aliphatic heterocycles. The third kappa shape index (κ3) is 7.18. The Balaban J connectivity index is 0.000000463. The first-order chi connectivity index (χ1) is 10.6. The maximum atomic E-state index is 10.8. The Morgan fingerprint density at radius 1 is 1.00 bits per heavy atom. The van der Waals surface area contributed by atoms with Crippen LogP contribution in [0.3, 0.4) is 0 Å². The first kappa shape index (κ1) is 19.0. The van der Waals surface area contributed by atoms with Crippen LogP contribution in [-0.4, -0.2) is 11.1 Å². The average molecular weight is 342 g/mol. The quantitative estimate of drug-likeness (QED) is 0.618. The molecule has 0 amide bonds. The number of aromatic nitrogens is 1.